The van der Waals surface area contributed by atoms with E-state index in [4.69, 9.17) is 32.8 Å². The zero-order valence-corrected chi connectivity index (χ0v) is 26.0. The van der Waals surface area contributed by atoms with Gasteiger partial charge in [-0.25, -0.2) is 4.79 Å². The van der Waals surface area contributed by atoms with Crippen LogP contribution in [0.15, 0.2) is 144 Å². The van der Waals surface area contributed by atoms with Gasteiger partial charge in [-0.2, -0.15) is 0 Å². The van der Waals surface area contributed by atoms with E-state index in [1.54, 1.807) is 12.1 Å². The highest BCUT2D eigenvalue weighted by Gasteiger charge is 2.50. The first-order valence-corrected chi connectivity index (χ1v) is 15.7. The third-order valence-corrected chi connectivity index (χ3v) is 7.79. The topological polar surface area (TPSA) is 85.6 Å². The highest BCUT2D eigenvalue weighted by molar-refractivity contribution is 5.86. The van der Waals surface area contributed by atoms with Crippen molar-refractivity contribution in [2.75, 3.05) is 6.61 Å². The summed E-state index contributed by atoms with van der Waals surface area (Å²) in [6.45, 7) is 1.33. The van der Waals surface area contributed by atoms with Gasteiger partial charge in [0.15, 0.2) is 0 Å². The minimum Gasteiger partial charge on any atom is -0.457 e. The van der Waals surface area contributed by atoms with E-state index in [2.05, 4.69) is 0 Å². The number of ether oxygens (including phenoxy) is 6. The smallest absolute Gasteiger partial charge is 0.376 e. The van der Waals surface area contributed by atoms with Crippen LogP contribution in [0, 0.1) is 0 Å². The lowest BCUT2D eigenvalue weighted by atomic mass is 9.97. The van der Waals surface area contributed by atoms with Gasteiger partial charge in [0.2, 0.25) is 12.1 Å². The van der Waals surface area contributed by atoms with Crippen LogP contribution < -0.4 is 0 Å². The highest BCUT2D eigenvalue weighted by Crippen LogP contribution is 2.32. The van der Waals surface area contributed by atoms with E-state index in [9.17, 15) is 4.79 Å². The zero-order chi connectivity index (χ0) is 32.1. The summed E-state index contributed by atoms with van der Waals surface area (Å²) in [4.78, 5) is 13.2. The van der Waals surface area contributed by atoms with Gasteiger partial charge in [0, 0.05) is 0 Å². The molecule has 47 heavy (non-hydrogen) atoms. The molecule has 242 valence electrons. The Kier molecular flexibility index (Phi) is 11.6. The number of esters is 1. The molecule has 8 heteroatoms. The Hall–Kier alpha value is -4.57. The standard InChI is InChI=1S/C39H38O8/c40-38(33-22-13-23-42-33)47-39-37(45-27-32-20-11-4-12-21-32)36(44-26-31-18-9-3-10-19-31)35(43-25-30-16-7-2-8-17-30)34(46-39)28-41-24-29-14-5-1-6-15-29/h1-23,34-37,39H,24-28H2/t34-,35-,36+,37-,39-/m1/s1. The predicted octanol–water partition coefficient (Wildman–Crippen LogP) is 7.13. The monoisotopic (exact) mass is 634 g/mol. The summed E-state index contributed by atoms with van der Waals surface area (Å²) in [6, 6.07) is 42.6. The fraction of sp³-hybridized carbons (Fsp3) is 0.256. The Balaban J connectivity index is 1.31. The Labute approximate surface area is 274 Å². The first-order chi connectivity index (χ1) is 23.2. The van der Waals surface area contributed by atoms with Gasteiger partial charge in [-0.05, 0) is 34.4 Å². The molecular formula is C39H38O8. The predicted molar refractivity (Wildman–Crippen MR) is 174 cm³/mol. The number of carbonyl (C=O) groups is 1. The second kappa shape index (κ2) is 16.8. The van der Waals surface area contributed by atoms with Crippen molar-refractivity contribution >= 4 is 5.97 Å². The number of hydrogen-bond acceptors (Lipinski definition) is 8. The van der Waals surface area contributed by atoms with Gasteiger partial charge in [0.1, 0.15) is 24.4 Å². The van der Waals surface area contributed by atoms with Crippen LogP contribution in [0.5, 0.6) is 0 Å². The summed E-state index contributed by atoms with van der Waals surface area (Å²) in [7, 11) is 0. The fourth-order valence-electron chi connectivity index (χ4n) is 5.40. The van der Waals surface area contributed by atoms with Crippen LogP contribution in [-0.2, 0) is 54.8 Å². The second-order valence-electron chi connectivity index (χ2n) is 11.2. The van der Waals surface area contributed by atoms with Crippen molar-refractivity contribution in [3.05, 3.63) is 168 Å². The Morgan fingerprint density at radius 2 is 1.00 bits per heavy atom. The second-order valence-corrected chi connectivity index (χ2v) is 11.2. The molecule has 0 aliphatic carbocycles. The summed E-state index contributed by atoms with van der Waals surface area (Å²) in [5, 5.41) is 0. The van der Waals surface area contributed by atoms with Crippen molar-refractivity contribution in [1.82, 2.24) is 0 Å². The molecule has 1 aliphatic rings. The van der Waals surface area contributed by atoms with Crippen LogP contribution in [0.3, 0.4) is 0 Å². The quantitative estimate of drug-likeness (QED) is 0.112. The zero-order valence-electron chi connectivity index (χ0n) is 26.0. The molecule has 0 bridgehead atoms. The van der Waals surface area contributed by atoms with Crippen LogP contribution in [-0.4, -0.2) is 43.3 Å². The van der Waals surface area contributed by atoms with E-state index in [0.29, 0.717) is 13.2 Å². The molecular weight excluding hydrogens is 596 g/mol. The Bertz CT molecular complexity index is 1600. The SMILES string of the molecule is O=C(O[C@H]1O[C@H](COCc2ccccc2)[C@@H](OCc2ccccc2)[C@H](OCc2ccccc2)[C@H]1OCc1ccccc1)c1ccco1. The molecule has 6 rings (SSSR count). The molecule has 5 atom stereocenters. The van der Waals surface area contributed by atoms with Crippen LogP contribution >= 0.6 is 0 Å². The number of carbonyl (C=O) groups excluding carboxylic acids is 1. The van der Waals surface area contributed by atoms with Crippen LogP contribution in [0.25, 0.3) is 0 Å². The van der Waals surface area contributed by atoms with Crippen molar-refractivity contribution in [3.8, 4) is 0 Å². The van der Waals surface area contributed by atoms with E-state index in [-0.39, 0.29) is 25.6 Å². The summed E-state index contributed by atoms with van der Waals surface area (Å²) in [5.74, 6) is -0.626. The normalized spacial score (nSPS) is 20.9. The third-order valence-electron chi connectivity index (χ3n) is 7.79. The fourth-order valence-corrected chi connectivity index (χ4v) is 5.40. The summed E-state index contributed by atoms with van der Waals surface area (Å²) in [6.07, 6.45) is -2.62. The minimum atomic E-state index is -1.15. The van der Waals surface area contributed by atoms with E-state index in [1.165, 1.54) is 6.26 Å². The Morgan fingerprint density at radius 1 is 0.532 bits per heavy atom. The van der Waals surface area contributed by atoms with Gasteiger partial charge in [-0.3, -0.25) is 0 Å². The van der Waals surface area contributed by atoms with Gasteiger partial charge in [0.25, 0.3) is 0 Å². The molecule has 5 aromatic rings. The summed E-state index contributed by atoms with van der Waals surface area (Å²) >= 11 is 0. The third kappa shape index (κ3) is 9.25. The molecule has 0 spiro atoms. The highest BCUT2D eigenvalue weighted by atomic mass is 16.7. The maximum absolute atomic E-state index is 13.2. The number of furan rings is 1. The molecule has 4 aromatic carbocycles. The largest absolute Gasteiger partial charge is 0.457 e. The molecule has 1 fully saturated rings. The molecule has 0 radical (unpaired) electrons. The van der Waals surface area contributed by atoms with E-state index in [0.717, 1.165) is 22.3 Å². The van der Waals surface area contributed by atoms with Crippen LogP contribution in [0.2, 0.25) is 0 Å². The average Bonchev–Trinajstić information content (AvgIpc) is 3.67. The van der Waals surface area contributed by atoms with Crippen molar-refractivity contribution in [2.45, 2.75) is 57.1 Å². The lowest BCUT2D eigenvalue weighted by Crippen LogP contribution is -2.62. The lowest BCUT2D eigenvalue weighted by Gasteiger charge is -2.45. The average molecular weight is 635 g/mol. The minimum absolute atomic E-state index is 0.0523. The van der Waals surface area contributed by atoms with E-state index in [1.807, 2.05) is 121 Å². The molecule has 0 amide bonds. The lowest BCUT2D eigenvalue weighted by molar-refractivity contribution is -0.316. The number of hydrogen-bond donors (Lipinski definition) is 0. The van der Waals surface area contributed by atoms with Gasteiger partial charge in [-0.15, -0.1) is 0 Å². The van der Waals surface area contributed by atoms with Gasteiger partial charge in [-0.1, -0.05) is 121 Å². The molecule has 8 nitrogen and oxygen atoms in total. The van der Waals surface area contributed by atoms with Crippen molar-refractivity contribution in [2.24, 2.45) is 0 Å². The maximum atomic E-state index is 13.2. The summed E-state index contributed by atoms with van der Waals surface area (Å²) < 4.78 is 43.8. The van der Waals surface area contributed by atoms with Crippen LogP contribution in [0.1, 0.15) is 32.8 Å². The Morgan fingerprint density at radius 3 is 1.49 bits per heavy atom. The van der Waals surface area contributed by atoms with Crippen molar-refractivity contribution < 1.29 is 37.6 Å². The molecule has 2 heterocycles. The number of benzene rings is 4. The molecule has 0 saturated carbocycles. The molecule has 0 N–H and O–H groups in total. The molecule has 1 aromatic heterocycles. The van der Waals surface area contributed by atoms with Gasteiger partial charge < -0.3 is 32.8 Å². The van der Waals surface area contributed by atoms with Gasteiger partial charge >= 0.3 is 5.97 Å². The number of rotatable bonds is 15. The van der Waals surface area contributed by atoms with E-state index < -0.39 is 36.7 Å². The molecule has 0 unspecified atom stereocenters. The molecule has 1 saturated heterocycles. The summed E-state index contributed by atoms with van der Waals surface area (Å²) in [5.41, 5.74) is 3.93. The van der Waals surface area contributed by atoms with E-state index >= 15 is 0 Å². The van der Waals surface area contributed by atoms with Crippen molar-refractivity contribution in [1.29, 1.82) is 0 Å². The first kappa shape index (κ1) is 32.4. The van der Waals surface area contributed by atoms with Gasteiger partial charge in [0.05, 0.1) is 39.3 Å². The van der Waals surface area contributed by atoms with Crippen LogP contribution in [0.4, 0.5) is 0 Å². The van der Waals surface area contributed by atoms with Crippen molar-refractivity contribution in [3.63, 3.8) is 0 Å². The molecule has 1 aliphatic heterocycles. The first-order valence-electron chi connectivity index (χ1n) is 15.7. The maximum Gasteiger partial charge on any atom is 0.376 e.